The molecule has 0 fully saturated rings. The molecule has 4 aromatic rings. The van der Waals surface area contributed by atoms with Crippen LogP contribution in [0.1, 0.15) is 12.0 Å². The normalized spacial score (nSPS) is 11.3. The molecule has 5 heteroatoms. The van der Waals surface area contributed by atoms with Crippen molar-refractivity contribution < 1.29 is 0 Å². The molecule has 2 aromatic carbocycles. The second-order valence-corrected chi connectivity index (χ2v) is 7.62. The van der Waals surface area contributed by atoms with E-state index in [-0.39, 0.29) is 0 Å². The quantitative estimate of drug-likeness (QED) is 0.466. The predicted octanol–water partition coefficient (Wildman–Crippen LogP) is 4.76. The smallest absolute Gasteiger partial charge is 0.150 e. The van der Waals surface area contributed by atoms with E-state index in [0.717, 1.165) is 53.2 Å². The summed E-state index contributed by atoms with van der Waals surface area (Å²) in [6.45, 7) is 4.02. The van der Waals surface area contributed by atoms with Crippen molar-refractivity contribution in [1.82, 2.24) is 19.4 Å². The van der Waals surface area contributed by atoms with Gasteiger partial charge in [0.05, 0.1) is 5.39 Å². The zero-order valence-corrected chi connectivity index (χ0v) is 17.3. The fourth-order valence-electron chi connectivity index (χ4n) is 3.61. The summed E-state index contributed by atoms with van der Waals surface area (Å²) >= 11 is 0. The van der Waals surface area contributed by atoms with Crippen LogP contribution in [0.15, 0.2) is 67.1 Å². The van der Waals surface area contributed by atoms with Crippen molar-refractivity contribution in [2.75, 3.05) is 32.5 Å². The first-order valence-corrected chi connectivity index (χ1v) is 10.0. The molecule has 1 N–H and O–H groups in total. The molecule has 0 spiro atoms. The summed E-state index contributed by atoms with van der Waals surface area (Å²) in [5.74, 6) is 0.888. The predicted molar refractivity (Wildman–Crippen MR) is 121 cm³/mol. The number of fused-ring (bicyclic) bond motifs is 1. The van der Waals surface area contributed by atoms with Crippen LogP contribution in [-0.4, -0.2) is 46.6 Å². The molecule has 29 heavy (non-hydrogen) atoms. The highest BCUT2D eigenvalue weighted by Crippen LogP contribution is 2.35. The van der Waals surface area contributed by atoms with E-state index in [1.165, 1.54) is 5.56 Å². The van der Waals surface area contributed by atoms with Crippen molar-refractivity contribution in [3.05, 3.63) is 72.7 Å². The van der Waals surface area contributed by atoms with Crippen LogP contribution >= 0.6 is 0 Å². The third-order valence-corrected chi connectivity index (χ3v) is 5.02. The van der Waals surface area contributed by atoms with Gasteiger partial charge in [-0.05, 0) is 57.2 Å². The number of aromatic nitrogens is 3. The van der Waals surface area contributed by atoms with Crippen LogP contribution in [0.3, 0.4) is 0 Å². The second-order valence-electron chi connectivity index (χ2n) is 7.62. The maximum Gasteiger partial charge on any atom is 0.150 e. The summed E-state index contributed by atoms with van der Waals surface area (Å²) in [4.78, 5) is 11.4. The highest BCUT2D eigenvalue weighted by molar-refractivity contribution is 6.02. The average molecular weight is 386 g/mol. The Bertz CT molecular complexity index is 1100. The van der Waals surface area contributed by atoms with E-state index in [4.69, 9.17) is 0 Å². The van der Waals surface area contributed by atoms with E-state index in [1.807, 2.05) is 6.07 Å². The van der Waals surface area contributed by atoms with E-state index in [9.17, 15) is 0 Å². The molecule has 0 aliphatic rings. The van der Waals surface area contributed by atoms with Crippen LogP contribution in [0.4, 0.5) is 5.82 Å². The molecule has 148 valence electrons. The molecule has 0 saturated carbocycles. The Morgan fingerprint density at radius 1 is 1.00 bits per heavy atom. The first kappa shape index (κ1) is 19.2. The molecule has 0 atom stereocenters. The summed E-state index contributed by atoms with van der Waals surface area (Å²) in [6, 6.07) is 18.9. The van der Waals surface area contributed by atoms with Crippen molar-refractivity contribution >= 4 is 16.9 Å². The number of rotatable bonds is 7. The zero-order chi connectivity index (χ0) is 20.2. The van der Waals surface area contributed by atoms with Gasteiger partial charge in [0.15, 0.2) is 5.65 Å². The maximum atomic E-state index is 4.65. The van der Waals surface area contributed by atoms with Crippen molar-refractivity contribution in [1.29, 1.82) is 0 Å². The summed E-state index contributed by atoms with van der Waals surface area (Å²) in [5, 5.41) is 4.60. The Balaban J connectivity index is 1.83. The molecular weight excluding hydrogens is 358 g/mol. The maximum absolute atomic E-state index is 4.65. The van der Waals surface area contributed by atoms with Crippen LogP contribution in [0.2, 0.25) is 0 Å². The van der Waals surface area contributed by atoms with Crippen LogP contribution in [0.5, 0.6) is 0 Å². The van der Waals surface area contributed by atoms with Gasteiger partial charge in [-0.1, -0.05) is 42.5 Å². The summed E-state index contributed by atoms with van der Waals surface area (Å²) in [6.07, 6.45) is 4.88. The average Bonchev–Trinajstić information content (AvgIpc) is 3.12. The lowest BCUT2D eigenvalue weighted by Crippen LogP contribution is -2.16. The van der Waals surface area contributed by atoms with Gasteiger partial charge in [-0.25, -0.2) is 9.97 Å². The van der Waals surface area contributed by atoms with Gasteiger partial charge in [-0.3, -0.25) is 0 Å². The van der Waals surface area contributed by atoms with Crippen LogP contribution < -0.4 is 5.32 Å². The first-order chi connectivity index (χ1) is 14.1. The Hall–Kier alpha value is -3.18. The Kier molecular flexibility index (Phi) is 5.58. The lowest BCUT2D eigenvalue weighted by atomic mass is 10.1. The van der Waals surface area contributed by atoms with Crippen molar-refractivity contribution in [3.8, 4) is 16.8 Å². The van der Waals surface area contributed by atoms with Gasteiger partial charge < -0.3 is 14.8 Å². The van der Waals surface area contributed by atoms with Gasteiger partial charge in [-0.15, -0.1) is 0 Å². The molecule has 0 aliphatic heterocycles. The minimum absolute atomic E-state index is 0.869. The number of hydrogen-bond donors (Lipinski definition) is 1. The number of aryl methyl sites for hydroxylation is 1. The number of nitrogens with zero attached hydrogens (tertiary/aromatic N) is 4. The van der Waals surface area contributed by atoms with Gasteiger partial charge in [0, 0.05) is 24.0 Å². The fourth-order valence-corrected chi connectivity index (χ4v) is 3.61. The number of nitrogens with one attached hydrogen (secondary N) is 1. The van der Waals surface area contributed by atoms with Gasteiger partial charge in [0.25, 0.3) is 0 Å². The molecule has 0 bridgehead atoms. The van der Waals surface area contributed by atoms with Gasteiger partial charge in [0.2, 0.25) is 0 Å². The van der Waals surface area contributed by atoms with E-state index in [1.54, 1.807) is 6.33 Å². The standard InChI is InChI=1S/C24H27N5/c1-18-9-7-12-20(15-18)29-16-21(19-10-5-4-6-11-19)22-23(26-17-27-24(22)29)25-13-8-14-28(2)3/h4-7,9-12,15-17H,8,13-14H2,1-3H3,(H,25,26,27). The molecule has 0 radical (unpaired) electrons. The monoisotopic (exact) mass is 385 g/mol. The van der Waals surface area contributed by atoms with Gasteiger partial charge in [-0.2, -0.15) is 0 Å². The highest BCUT2D eigenvalue weighted by Gasteiger charge is 2.17. The minimum atomic E-state index is 0.869. The Labute approximate surface area is 172 Å². The molecule has 0 aliphatic carbocycles. The van der Waals surface area contributed by atoms with Gasteiger partial charge in [0.1, 0.15) is 12.1 Å². The number of benzene rings is 2. The highest BCUT2D eigenvalue weighted by atomic mass is 15.1. The van der Waals surface area contributed by atoms with E-state index in [0.29, 0.717) is 0 Å². The van der Waals surface area contributed by atoms with Crippen LogP contribution in [0, 0.1) is 6.92 Å². The molecule has 5 nitrogen and oxygen atoms in total. The number of hydrogen-bond acceptors (Lipinski definition) is 4. The van der Waals surface area contributed by atoms with Crippen LogP contribution in [0.25, 0.3) is 27.8 Å². The SMILES string of the molecule is Cc1cccc(-n2cc(-c3ccccc3)c3c(NCCCN(C)C)ncnc32)c1. The topological polar surface area (TPSA) is 46.0 Å². The van der Waals surface area contributed by atoms with Crippen molar-refractivity contribution in [3.63, 3.8) is 0 Å². The molecule has 0 saturated heterocycles. The van der Waals surface area contributed by atoms with Gasteiger partial charge >= 0.3 is 0 Å². The lowest BCUT2D eigenvalue weighted by molar-refractivity contribution is 0.405. The summed E-state index contributed by atoms with van der Waals surface area (Å²) in [7, 11) is 4.19. The lowest BCUT2D eigenvalue weighted by Gasteiger charge is -2.11. The first-order valence-electron chi connectivity index (χ1n) is 10.0. The Morgan fingerprint density at radius 3 is 2.59 bits per heavy atom. The fraction of sp³-hybridized carbons (Fsp3) is 0.250. The molecule has 2 heterocycles. The number of anilines is 1. The van der Waals surface area contributed by atoms with Crippen molar-refractivity contribution in [2.24, 2.45) is 0 Å². The van der Waals surface area contributed by atoms with E-state index >= 15 is 0 Å². The third kappa shape index (κ3) is 4.15. The molecule has 2 aromatic heterocycles. The largest absolute Gasteiger partial charge is 0.369 e. The van der Waals surface area contributed by atoms with E-state index in [2.05, 4.69) is 100 Å². The molecular formula is C24H27N5. The summed E-state index contributed by atoms with van der Waals surface area (Å²) in [5.41, 5.74) is 5.54. The third-order valence-electron chi connectivity index (χ3n) is 5.02. The molecule has 0 amide bonds. The minimum Gasteiger partial charge on any atom is -0.369 e. The molecule has 0 unspecified atom stereocenters. The Morgan fingerprint density at radius 2 is 1.83 bits per heavy atom. The molecule has 4 rings (SSSR count). The van der Waals surface area contributed by atoms with E-state index < -0.39 is 0 Å². The summed E-state index contributed by atoms with van der Waals surface area (Å²) < 4.78 is 2.16. The van der Waals surface area contributed by atoms with Crippen LogP contribution in [-0.2, 0) is 0 Å². The zero-order valence-electron chi connectivity index (χ0n) is 17.3. The second kappa shape index (κ2) is 8.45. The van der Waals surface area contributed by atoms with Crippen molar-refractivity contribution in [2.45, 2.75) is 13.3 Å².